The van der Waals surface area contributed by atoms with Crippen molar-refractivity contribution >= 4 is 47.8 Å². The first-order valence-corrected chi connectivity index (χ1v) is 9.18. The van der Waals surface area contributed by atoms with Crippen LogP contribution in [0.25, 0.3) is 0 Å². The van der Waals surface area contributed by atoms with E-state index in [9.17, 15) is 0 Å². The summed E-state index contributed by atoms with van der Waals surface area (Å²) in [5, 5.41) is 7.97. The number of hydrogen-bond donors (Lipinski definition) is 1. The Morgan fingerprint density at radius 3 is 2.52 bits per heavy atom. The summed E-state index contributed by atoms with van der Waals surface area (Å²) in [5.74, 6) is 0. The maximum absolute atomic E-state index is 4.57. The lowest BCUT2D eigenvalue weighted by molar-refractivity contribution is 0.558. The molecule has 1 unspecified atom stereocenters. The van der Waals surface area contributed by atoms with Crippen LogP contribution < -0.4 is 5.32 Å². The quantitative estimate of drug-likeness (QED) is 0.669. The Morgan fingerprint density at radius 2 is 2.00 bits per heavy atom. The molecule has 114 valence electrons. The van der Waals surface area contributed by atoms with Gasteiger partial charge in [-0.25, -0.2) is 0 Å². The maximum atomic E-state index is 4.57. The molecule has 2 rings (SSSR count). The number of hydrogen-bond acceptors (Lipinski definition) is 2. The fraction of sp³-hybridized carbons (Fsp3) is 0.400. The van der Waals surface area contributed by atoms with Crippen LogP contribution in [0.4, 0.5) is 0 Å². The highest BCUT2D eigenvalue weighted by Crippen LogP contribution is 2.31. The van der Waals surface area contributed by atoms with Crippen molar-refractivity contribution in [3.8, 4) is 0 Å². The van der Waals surface area contributed by atoms with E-state index in [1.165, 1.54) is 11.3 Å². The Kier molecular flexibility index (Phi) is 6.05. The van der Waals surface area contributed by atoms with Gasteiger partial charge in [-0.2, -0.15) is 5.10 Å². The van der Waals surface area contributed by atoms with Gasteiger partial charge in [-0.15, -0.1) is 0 Å². The zero-order chi connectivity index (χ0) is 15.6. The van der Waals surface area contributed by atoms with E-state index in [1.54, 1.807) is 0 Å². The minimum atomic E-state index is 0.226. The molecule has 0 bridgehead atoms. The molecule has 1 atom stereocenters. The van der Waals surface area contributed by atoms with E-state index in [0.29, 0.717) is 0 Å². The molecule has 2 aromatic rings. The van der Waals surface area contributed by atoms with Crippen molar-refractivity contribution in [2.75, 3.05) is 7.05 Å². The molecule has 0 amide bonds. The van der Waals surface area contributed by atoms with Crippen LogP contribution in [0.1, 0.15) is 29.9 Å². The van der Waals surface area contributed by atoms with Crippen molar-refractivity contribution < 1.29 is 0 Å². The van der Waals surface area contributed by atoms with E-state index in [4.69, 9.17) is 0 Å². The molecule has 21 heavy (non-hydrogen) atoms. The highest BCUT2D eigenvalue weighted by molar-refractivity contribution is 9.11. The van der Waals surface area contributed by atoms with Crippen LogP contribution in [0.2, 0.25) is 0 Å². The van der Waals surface area contributed by atoms with E-state index in [-0.39, 0.29) is 6.04 Å². The molecule has 1 heterocycles. The summed E-state index contributed by atoms with van der Waals surface area (Å²) < 4.78 is 5.27. The molecule has 0 aliphatic carbocycles. The normalized spacial score (nSPS) is 12.7. The maximum Gasteiger partial charge on any atom is 0.0766 e. The third kappa shape index (κ3) is 3.78. The van der Waals surface area contributed by atoms with E-state index < -0.39 is 0 Å². The van der Waals surface area contributed by atoms with Crippen molar-refractivity contribution in [1.29, 1.82) is 0 Å². The van der Waals surface area contributed by atoms with Crippen LogP contribution in [-0.2, 0) is 19.9 Å². The lowest BCUT2D eigenvalue weighted by atomic mass is 10.0. The third-order valence-electron chi connectivity index (χ3n) is 3.59. The average molecular weight is 480 g/mol. The molecule has 0 aliphatic rings. The predicted molar refractivity (Wildman–Crippen MR) is 97.6 cm³/mol. The molecule has 0 saturated carbocycles. The van der Waals surface area contributed by atoms with Gasteiger partial charge >= 0.3 is 0 Å². The molecule has 1 N–H and O–H groups in total. The number of rotatable bonds is 5. The highest BCUT2D eigenvalue weighted by atomic mass is 79.9. The molecule has 1 aromatic heterocycles. The summed E-state index contributed by atoms with van der Waals surface area (Å²) >= 11 is 10.8. The van der Waals surface area contributed by atoms with Crippen LogP contribution >= 0.6 is 47.8 Å². The summed E-state index contributed by atoms with van der Waals surface area (Å²) in [6, 6.07) is 6.51. The monoisotopic (exact) mass is 477 g/mol. The zero-order valence-electron chi connectivity index (χ0n) is 12.3. The first-order valence-electron chi connectivity index (χ1n) is 6.80. The lowest BCUT2D eigenvalue weighted by Gasteiger charge is -2.19. The minimum Gasteiger partial charge on any atom is -0.313 e. The van der Waals surface area contributed by atoms with Gasteiger partial charge in [-0.05, 0) is 47.1 Å². The van der Waals surface area contributed by atoms with Crippen molar-refractivity contribution in [2.24, 2.45) is 7.05 Å². The van der Waals surface area contributed by atoms with Crippen molar-refractivity contribution in [3.05, 3.63) is 48.6 Å². The van der Waals surface area contributed by atoms with Gasteiger partial charge in [0.1, 0.15) is 0 Å². The highest BCUT2D eigenvalue weighted by Gasteiger charge is 2.19. The number of nitrogens with zero attached hydrogens (tertiary/aromatic N) is 2. The first kappa shape index (κ1) is 17.2. The average Bonchev–Trinajstić information content (AvgIpc) is 2.72. The van der Waals surface area contributed by atoms with Gasteiger partial charge in [0.25, 0.3) is 0 Å². The van der Waals surface area contributed by atoms with E-state index in [0.717, 1.165) is 32.0 Å². The number of likely N-dealkylation sites (N-methyl/N-ethyl adjacent to an activating group) is 1. The lowest BCUT2D eigenvalue weighted by Crippen LogP contribution is -2.20. The number of halogens is 3. The second kappa shape index (κ2) is 7.40. The van der Waals surface area contributed by atoms with Gasteiger partial charge < -0.3 is 5.32 Å². The smallest absolute Gasteiger partial charge is 0.0766 e. The zero-order valence-corrected chi connectivity index (χ0v) is 17.0. The van der Waals surface area contributed by atoms with E-state index in [2.05, 4.69) is 83.3 Å². The largest absolute Gasteiger partial charge is 0.313 e. The number of aromatic nitrogens is 2. The molecule has 1 aromatic carbocycles. The van der Waals surface area contributed by atoms with Crippen LogP contribution in [0.15, 0.2) is 31.6 Å². The predicted octanol–water partition coefficient (Wildman–Crippen LogP) is 4.77. The van der Waals surface area contributed by atoms with Crippen LogP contribution in [0.3, 0.4) is 0 Å². The van der Waals surface area contributed by atoms with Gasteiger partial charge in [0.15, 0.2) is 0 Å². The van der Waals surface area contributed by atoms with Crippen molar-refractivity contribution in [3.63, 3.8) is 0 Å². The second-order valence-electron chi connectivity index (χ2n) is 4.90. The van der Waals surface area contributed by atoms with E-state index in [1.807, 2.05) is 18.8 Å². The Hall–Kier alpha value is -0.170. The molecule has 6 heteroatoms. The Balaban J connectivity index is 2.33. The summed E-state index contributed by atoms with van der Waals surface area (Å²) in [4.78, 5) is 0. The van der Waals surface area contributed by atoms with Crippen LogP contribution in [0, 0.1) is 0 Å². The fourth-order valence-corrected chi connectivity index (χ4v) is 4.49. The summed E-state index contributed by atoms with van der Waals surface area (Å²) in [6.07, 6.45) is 1.81. The Bertz CT molecular complexity index is 637. The minimum absolute atomic E-state index is 0.226. The molecule has 0 fully saturated rings. The van der Waals surface area contributed by atoms with Gasteiger partial charge in [0.05, 0.1) is 15.9 Å². The third-order valence-corrected chi connectivity index (χ3v) is 5.68. The molecule has 0 radical (unpaired) electrons. The Morgan fingerprint density at radius 1 is 1.29 bits per heavy atom. The van der Waals surface area contributed by atoms with Gasteiger partial charge in [0, 0.05) is 28.5 Å². The SMILES string of the molecule is CCc1nn(C)c(CC(NC)c2ccc(Br)cc2Br)c1Br. The summed E-state index contributed by atoms with van der Waals surface area (Å²) in [6.45, 7) is 2.12. The van der Waals surface area contributed by atoms with Gasteiger partial charge in [-0.1, -0.05) is 44.8 Å². The van der Waals surface area contributed by atoms with E-state index >= 15 is 0 Å². The molecule has 0 saturated heterocycles. The number of aryl methyl sites for hydroxylation is 2. The van der Waals surface area contributed by atoms with Crippen LogP contribution in [-0.4, -0.2) is 16.8 Å². The van der Waals surface area contributed by atoms with Gasteiger partial charge in [-0.3, -0.25) is 4.68 Å². The molecule has 3 nitrogen and oxygen atoms in total. The van der Waals surface area contributed by atoms with Gasteiger partial charge in [0.2, 0.25) is 0 Å². The van der Waals surface area contributed by atoms with Crippen LogP contribution in [0.5, 0.6) is 0 Å². The second-order valence-corrected chi connectivity index (χ2v) is 7.46. The first-order chi connectivity index (χ1) is 9.97. The van der Waals surface area contributed by atoms with Crippen molar-refractivity contribution in [1.82, 2.24) is 15.1 Å². The fourth-order valence-electron chi connectivity index (χ4n) is 2.39. The number of benzene rings is 1. The summed E-state index contributed by atoms with van der Waals surface area (Å²) in [7, 11) is 3.99. The molecule has 0 aliphatic heterocycles. The molecule has 0 spiro atoms. The molecular formula is C15H18Br3N3. The topological polar surface area (TPSA) is 29.9 Å². The van der Waals surface area contributed by atoms with Crippen molar-refractivity contribution in [2.45, 2.75) is 25.8 Å². The number of nitrogens with one attached hydrogen (secondary N) is 1. The standard InChI is InChI=1S/C15H18Br3N3/c1-4-12-15(18)14(21(3)20-12)8-13(19-2)10-6-5-9(16)7-11(10)17/h5-7,13,19H,4,8H2,1-3H3. The Labute approximate surface area is 150 Å². The molecular weight excluding hydrogens is 462 g/mol. The summed E-state index contributed by atoms with van der Waals surface area (Å²) in [5.41, 5.74) is 3.56.